The van der Waals surface area contributed by atoms with Gasteiger partial charge in [0.1, 0.15) is 13.2 Å². The van der Waals surface area contributed by atoms with E-state index in [0.29, 0.717) is 47.1 Å². The number of furan rings is 1. The lowest BCUT2D eigenvalue weighted by Crippen LogP contribution is -2.23. The third-order valence-corrected chi connectivity index (χ3v) is 5.58. The Morgan fingerprint density at radius 2 is 2.03 bits per heavy atom. The minimum atomic E-state index is -0.492. The maximum atomic E-state index is 12.7. The van der Waals surface area contributed by atoms with Crippen LogP contribution in [0.3, 0.4) is 0 Å². The molecule has 1 aliphatic heterocycles. The van der Waals surface area contributed by atoms with Gasteiger partial charge in [-0.25, -0.2) is 0 Å². The highest BCUT2D eigenvalue weighted by Crippen LogP contribution is 2.33. The third-order valence-electron chi connectivity index (χ3n) is 4.50. The van der Waals surface area contributed by atoms with E-state index in [-0.39, 0.29) is 18.9 Å². The molecule has 0 radical (unpaired) electrons. The van der Waals surface area contributed by atoms with E-state index in [4.69, 9.17) is 19.6 Å². The molecule has 2 aromatic heterocycles. The molecule has 0 spiro atoms. The third kappa shape index (κ3) is 4.82. The van der Waals surface area contributed by atoms with Crippen molar-refractivity contribution in [1.82, 2.24) is 14.8 Å². The first-order valence-corrected chi connectivity index (χ1v) is 10.5. The zero-order valence-corrected chi connectivity index (χ0v) is 17.6. The van der Waals surface area contributed by atoms with Crippen LogP contribution in [-0.2, 0) is 16.1 Å². The molecular weight excluding hydrogens is 422 g/mol. The van der Waals surface area contributed by atoms with Crippen LogP contribution in [0.15, 0.2) is 46.2 Å². The van der Waals surface area contributed by atoms with E-state index in [2.05, 4.69) is 15.5 Å². The Kier molecular flexibility index (Phi) is 6.12. The van der Waals surface area contributed by atoms with Crippen LogP contribution < -0.4 is 20.5 Å². The van der Waals surface area contributed by atoms with Gasteiger partial charge in [-0.05, 0) is 31.2 Å². The van der Waals surface area contributed by atoms with Crippen molar-refractivity contribution in [3.8, 4) is 23.1 Å². The lowest BCUT2D eigenvalue weighted by atomic mass is 10.2. The number of ether oxygens (including phenoxy) is 2. The normalized spacial score (nSPS) is 13.6. The number of carbonyl (C=O) groups excluding carboxylic acids is 2. The fourth-order valence-electron chi connectivity index (χ4n) is 2.96. The summed E-state index contributed by atoms with van der Waals surface area (Å²) in [5.74, 6) is 1.56. The second-order valence-electron chi connectivity index (χ2n) is 6.76. The van der Waals surface area contributed by atoms with E-state index in [9.17, 15) is 9.59 Å². The molecule has 3 N–H and O–H groups in total. The molecule has 3 aromatic rings. The van der Waals surface area contributed by atoms with Gasteiger partial charge >= 0.3 is 0 Å². The molecule has 0 bridgehead atoms. The van der Waals surface area contributed by atoms with Gasteiger partial charge < -0.3 is 24.9 Å². The van der Waals surface area contributed by atoms with Crippen LogP contribution in [-0.4, -0.2) is 45.0 Å². The van der Waals surface area contributed by atoms with E-state index in [0.717, 1.165) is 0 Å². The van der Waals surface area contributed by atoms with E-state index in [1.54, 1.807) is 41.8 Å². The van der Waals surface area contributed by atoms with Crippen LogP contribution in [0.4, 0.5) is 5.69 Å². The van der Waals surface area contributed by atoms with Gasteiger partial charge in [-0.2, -0.15) is 0 Å². The number of anilines is 1. The molecule has 10 nitrogen and oxygen atoms in total. The average molecular weight is 443 g/mol. The van der Waals surface area contributed by atoms with Crippen LogP contribution in [0.25, 0.3) is 11.6 Å². The summed E-state index contributed by atoms with van der Waals surface area (Å²) in [6.07, 6.45) is 1.63. The topological polar surface area (TPSA) is 134 Å². The molecule has 1 aromatic carbocycles. The Balaban J connectivity index is 1.47. The predicted octanol–water partition coefficient (Wildman–Crippen LogP) is 2.30. The Labute approximate surface area is 182 Å². The van der Waals surface area contributed by atoms with E-state index in [1.165, 1.54) is 18.0 Å². The van der Waals surface area contributed by atoms with Crippen LogP contribution in [0, 0.1) is 0 Å². The molecule has 0 fully saturated rings. The number of fused-ring (bicyclic) bond motifs is 1. The van der Waals surface area contributed by atoms with Gasteiger partial charge in [-0.3, -0.25) is 14.2 Å². The summed E-state index contributed by atoms with van der Waals surface area (Å²) in [4.78, 5) is 24.0. The minimum absolute atomic E-state index is 0.108. The first-order chi connectivity index (χ1) is 15.0. The molecule has 11 heteroatoms. The molecule has 1 atom stereocenters. The summed E-state index contributed by atoms with van der Waals surface area (Å²) >= 11 is 1.22. The zero-order chi connectivity index (χ0) is 21.8. The average Bonchev–Trinajstić information content (AvgIpc) is 3.42. The summed E-state index contributed by atoms with van der Waals surface area (Å²) in [6.45, 7) is 3.01. The van der Waals surface area contributed by atoms with Crippen molar-refractivity contribution in [2.75, 3.05) is 18.5 Å². The molecule has 3 heterocycles. The standard InChI is InChI=1S/C20H21N5O5S/c1-12(19(27)22-13-4-5-14-16(11-13)30-10-9-29-14)31-20-24-23-18(15-3-2-8-28-15)25(20)7-6-17(21)26/h2-5,8,11-12H,6-7,9-10H2,1H3,(H2,21,26)(H,22,27). The lowest BCUT2D eigenvalue weighted by molar-refractivity contribution is -0.118. The highest BCUT2D eigenvalue weighted by molar-refractivity contribution is 8.00. The second kappa shape index (κ2) is 9.13. The van der Waals surface area contributed by atoms with Crippen molar-refractivity contribution in [3.05, 3.63) is 36.6 Å². The Hall–Kier alpha value is -3.47. The largest absolute Gasteiger partial charge is 0.486 e. The van der Waals surface area contributed by atoms with Gasteiger partial charge in [0.15, 0.2) is 28.2 Å². The van der Waals surface area contributed by atoms with Crippen LogP contribution in [0.1, 0.15) is 13.3 Å². The number of nitrogens with two attached hydrogens (primary N) is 1. The summed E-state index contributed by atoms with van der Waals surface area (Å²) in [6, 6.07) is 8.73. The van der Waals surface area contributed by atoms with Gasteiger partial charge in [-0.15, -0.1) is 10.2 Å². The molecule has 1 unspecified atom stereocenters. The second-order valence-corrected chi connectivity index (χ2v) is 8.07. The molecular formula is C20H21N5O5S. The van der Waals surface area contributed by atoms with E-state index < -0.39 is 11.2 Å². The van der Waals surface area contributed by atoms with Crippen molar-refractivity contribution in [1.29, 1.82) is 0 Å². The number of hydrogen-bond acceptors (Lipinski definition) is 8. The number of nitrogens with zero attached hydrogens (tertiary/aromatic N) is 3. The number of rotatable bonds is 8. The van der Waals surface area contributed by atoms with Gasteiger partial charge in [0.25, 0.3) is 0 Å². The molecule has 1 aliphatic rings. The fourth-order valence-corrected chi connectivity index (χ4v) is 3.84. The van der Waals surface area contributed by atoms with Crippen molar-refractivity contribution in [3.63, 3.8) is 0 Å². The van der Waals surface area contributed by atoms with Gasteiger partial charge in [0, 0.05) is 24.7 Å². The fraction of sp³-hybridized carbons (Fsp3) is 0.300. The van der Waals surface area contributed by atoms with Gasteiger partial charge in [0.05, 0.1) is 11.5 Å². The number of benzene rings is 1. The number of amides is 2. The molecule has 162 valence electrons. The van der Waals surface area contributed by atoms with Crippen molar-refractivity contribution in [2.24, 2.45) is 5.73 Å². The quantitative estimate of drug-likeness (QED) is 0.507. The molecule has 0 saturated carbocycles. The Bertz CT molecular complexity index is 1080. The summed E-state index contributed by atoms with van der Waals surface area (Å²) < 4.78 is 18.2. The first-order valence-electron chi connectivity index (χ1n) is 9.64. The maximum Gasteiger partial charge on any atom is 0.237 e. The highest BCUT2D eigenvalue weighted by Gasteiger charge is 2.23. The van der Waals surface area contributed by atoms with Crippen molar-refractivity contribution in [2.45, 2.75) is 30.3 Å². The SMILES string of the molecule is CC(Sc1nnc(-c2ccco2)n1CCC(N)=O)C(=O)Nc1ccc2c(c1)OCCO2. The molecule has 0 saturated heterocycles. The lowest BCUT2D eigenvalue weighted by Gasteiger charge is -2.19. The molecule has 0 aliphatic carbocycles. The summed E-state index contributed by atoms with van der Waals surface area (Å²) in [7, 11) is 0. The van der Waals surface area contributed by atoms with Gasteiger partial charge in [0.2, 0.25) is 11.8 Å². The molecule has 2 amide bonds. The molecule has 31 heavy (non-hydrogen) atoms. The zero-order valence-electron chi connectivity index (χ0n) is 16.7. The number of hydrogen-bond donors (Lipinski definition) is 2. The molecule has 4 rings (SSSR count). The maximum absolute atomic E-state index is 12.7. The van der Waals surface area contributed by atoms with Crippen molar-refractivity contribution >= 4 is 29.3 Å². The summed E-state index contributed by atoms with van der Waals surface area (Å²) in [5, 5.41) is 11.2. The van der Waals surface area contributed by atoms with Gasteiger partial charge in [-0.1, -0.05) is 11.8 Å². The van der Waals surface area contributed by atoms with E-state index >= 15 is 0 Å². The Morgan fingerprint density at radius 1 is 1.23 bits per heavy atom. The monoisotopic (exact) mass is 443 g/mol. The number of thioether (sulfide) groups is 1. The smallest absolute Gasteiger partial charge is 0.237 e. The Morgan fingerprint density at radius 3 is 2.77 bits per heavy atom. The van der Waals surface area contributed by atoms with Crippen LogP contribution >= 0.6 is 11.8 Å². The summed E-state index contributed by atoms with van der Waals surface area (Å²) in [5.41, 5.74) is 5.91. The number of carbonyl (C=O) groups is 2. The minimum Gasteiger partial charge on any atom is -0.486 e. The first kappa shape index (κ1) is 20.8. The van der Waals surface area contributed by atoms with Crippen LogP contribution in [0.2, 0.25) is 0 Å². The highest BCUT2D eigenvalue weighted by atomic mass is 32.2. The predicted molar refractivity (Wildman–Crippen MR) is 113 cm³/mol. The number of aromatic nitrogens is 3. The van der Waals surface area contributed by atoms with Crippen LogP contribution in [0.5, 0.6) is 11.5 Å². The number of primary amides is 1. The van der Waals surface area contributed by atoms with E-state index in [1.807, 2.05) is 0 Å². The number of nitrogens with one attached hydrogen (secondary N) is 1. The van der Waals surface area contributed by atoms with Crippen molar-refractivity contribution < 1.29 is 23.5 Å².